The molecule has 0 saturated carbocycles. The molecule has 6 aromatic carbocycles. The monoisotopic (exact) mass is 708 g/mol. The molecule has 0 radical (unpaired) electrons. The van der Waals surface area contributed by atoms with Crippen LogP contribution in [0.2, 0.25) is 0 Å². The maximum atomic E-state index is 2.56. The maximum absolute atomic E-state index is 2.56. The van der Waals surface area contributed by atoms with Gasteiger partial charge in [0.1, 0.15) is 0 Å². The highest BCUT2D eigenvalue weighted by molar-refractivity contribution is 6.17. The molecule has 0 atom stereocenters. The van der Waals surface area contributed by atoms with Gasteiger partial charge in [0.25, 0.3) is 0 Å². The molecule has 0 fully saturated rings. The summed E-state index contributed by atoms with van der Waals surface area (Å²) in [5, 5.41) is 5.66. The van der Waals surface area contributed by atoms with Gasteiger partial charge in [-0.15, -0.1) is 0 Å². The fourth-order valence-electron chi connectivity index (χ4n) is 10.2. The number of hydrogen-bond donors (Lipinski definition) is 0. The molecule has 0 amide bonds. The average Bonchev–Trinajstić information content (AvgIpc) is 3.69. The summed E-state index contributed by atoms with van der Waals surface area (Å²) in [5.74, 6) is 0. The fourth-order valence-corrected chi connectivity index (χ4v) is 10.2. The van der Waals surface area contributed by atoms with Crippen molar-refractivity contribution in [1.29, 1.82) is 0 Å². The molecule has 2 aromatic heterocycles. The molecular formula is C52H56N2. The van der Waals surface area contributed by atoms with E-state index >= 15 is 0 Å². The lowest BCUT2D eigenvalue weighted by molar-refractivity contribution is 0.997. The maximum Gasteiger partial charge on any atom is 0.0575 e. The van der Waals surface area contributed by atoms with Gasteiger partial charge >= 0.3 is 0 Å². The molecule has 8 rings (SSSR count). The van der Waals surface area contributed by atoms with Crippen molar-refractivity contribution in [3.05, 3.63) is 132 Å². The first-order valence-corrected chi connectivity index (χ1v) is 19.7. The molecule has 0 bridgehead atoms. The van der Waals surface area contributed by atoms with E-state index < -0.39 is 0 Å². The molecule has 2 nitrogen and oxygen atoms in total. The summed E-state index contributed by atoms with van der Waals surface area (Å²) in [5.41, 5.74) is 32.6. The first kappa shape index (κ1) is 35.9. The minimum absolute atomic E-state index is 1.22. The molecule has 0 unspecified atom stereocenters. The number of aromatic nitrogens is 2. The van der Waals surface area contributed by atoms with Crippen LogP contribution >= 0.6 is 0 Å². The van der Waals surface area contributed by atoms with Crippen molar-refractivity contribution in [3.8, 4) is 27.9 Å². The Morgan fingerprint density at radius 1 is 0.278 bits per heavy atom. The van der Waals surface area contributed by atoms with Gasteiger partial charge in [0.2, 0.25) is 0 Å². The Balaban J connectivity index is 1.26. The van der Waals surface area contributed by atoms with E-state index in [1.165, 1.54) is 155 Å². The van der Waals surface area contributed by atoms with Crippen molar-refractivity contribution < 1.29 is 0 Å². The SMILES string of the molecule is Cc1c(C)c(C)c2c(c1C)c1c(C)c(C)c(-c3ccc(-c4ccc(-n5c6c(C)c(C)c(C)c(C)c6c6c(C)c(C)c(C)c(C)c65)cc4)cc3)c(C)c1n2C. The van der Waals surface area contributed by atoms with Gasteiger partial charge < -0.3 is 9.13 Å². The number of nitrogens with zero attached hydrogens (tertiary/aromatic N) is 2. The van der Waals surface area contributed by atoms with E-state index in [0.29, 0.717) is 0 Å². The highest BCUT2D eigenvalue weighted by atomic mass is 15.0. The summed E-state index contributed by atoms with van der Waals surface area (Å²) in [4.78, 5) is 0. The summed E-state index contributed by atoms with van der Waals surface area (Å²) >= 11 is 0. The molecule has 274 valence electrons. The largest absolute Gasteiger partial charge is 0.343 e. The smallest absolute Gasteiger partial charge is 0.0575 e. The van der Waals surface area contributed by atoms with Crippen LogP contribution in [0.15, 0.2) is 48.5 Å². The van der Waals surface area contributed by atoms with Gasteiger partial charge in [-0.3, -0.25) is 0 Å². The molecule has 54 heavy (non-hydrogen) atoms. The number of hydrogen-bond acceptors (Lipinski definition) is 0. The van der Waals surface area contributed by atoms with Crippen LogP contribution in [0.3, 0.4) is 0 Å². The van der Waals surface area contributed by atoms with Crippen LogP contribution in [0, 0.1) is 104 Å². The van der Waals surface area contributed by atoms with Crippen LogP contribution in [0.1, 0.15) is 83.5 Å². The van der Waals surface area contributed by atoms with Gasteiger partial charge in [-0.2, -0.15) is 0 Å². The third-order valence-corrected chi connectivity index (χ3v) is 14.5. The molecule has 0 aliphatic carbocycles. The Labute approximate surface area is 322 Å². The standard InChI is InChI=1S/C52H56N2/c1-25-28(4)36(12)49-45(31(25)7)46-35(11)34(10)44(39(15)50(46)53(49)16)42-19-17-40(18-20-42)41-21-23-43(24-22-41)54-51-37(13)29(5)26(2)32(8)47(51)48-33(9)27(3)30(6)38(14)52(48)54/h17-24H,1-16H3. The average molecular weight is 709 g/mol. The third-order valence-electron chi connectivity index (χ3n) is 14.5. The molecule has 0 N–H and O–H groups in total. The lowest BCUT2D eigenvalue weighted by atomic mass is 9.87. The second kappa shape index (κ2) is 12.2. The predicted octanol–water partition coefficient (Wildman–Crippen LogP) is 14.4. The van der Waals surface area contributed by atoms with Crippen molar-refractivity contribution in [3.63, 3.8) is 0 Å². The molecule has 2 heterocycles. The lowest BCUT2D eigenvalue weighted by Gasteiger charge is -2.17. The van der Waals surface area contributed by atoms with Crippen molar-refractivity contribution in [2.75, 3.05) is 0 Å². The van der Waals surface area contributed by atoms with Gasteiger partial charge in [0, 0.05) is 34.3 Å². The highest BCUT2D eigenvalue weighted by Gasteiger charge is 2.25. The van der Waals surface area contributed by atoms with Gasteiger partial charge in [-0.25, -0.2) is 0 Å². The first-order chi connectivity index (χ1) is 25.5. The highest BCUT2D eigenvalue weighted by Crippen LogP contribution is 2.46. The molecule has 8 aromatic rings. The van der Waals surface area contributed by atoms with Crippen molar-refractivity contribution in [2.45, 2.75) is 104 Å². The Bertz CT molecular complexity index is 2860. The zero-order valence-corrected chi connectivity index (χ0v) is 35.5. The van der Waals surface area contributed by atoms with Crippen molar-refractivity contribution in [2.24, 2.45) is 7.05 Å². The Morgan fingerprint density at radius 2 is 0.574 bits per heavy atom. The Hall–Kier alpha value is -5.08. The molecule has 2 heteroatoms. The van der Waals surface area contributed by atoms with E-state index in [4.69, 9.17) is 0 Å². The molecule has 0 saturated heterocycles. The zero-order valence-electron chi connectivity index (χ0n) is 35.5. The van der Waals surface area contributed by atoms with E-state index in [0.717, 1.165) is 0 Å². The van der Waals surface area contributed by atoms with Crippen LogP contribution in [-0.2, 0) is 7.05 Å². The van der Waals surface area contributed by atoms with Crippen molar-refractivity contribution in [1.82, 2.24) is 9.13 Å². The van der Waals surface area contributed by atoms with Crippen LogP contribution < -0.4 is 0 Å². The molecule has 0 aliphatic heterocycles. The third kappa shape index (κ3) is 4.58. The number of benzene rings is 6. The normalized spacial score (nSPS) is 12.1. The van der Waals surface area contributed by atoms with E-state index in [1.807, 2.05) is 0 Å². The van der Waals surface area contributed by atoms with Crippen LogP contribution in [0.5, 0.6) is 0 Å². The fraction of sp³-hybridized carbons (Fsp3) is 0.308. The predicted molar refractivity (Wildman–Crippen MR) is 237 cm³/mol. The Kier molecular flexibility index (Phi) is 8.13. The number of fused-ring (bicyclic) bond motifs is 6. The molecule has 0 aliphatic rings. The van der Waals surface area contributed by atoms with Crippen LogP contribution in [-0.4, -0.2) is 9.13 Å². The topological polar surface area (TPSA) is 9.86 Å². The summed E-state index contributed by atoms with van der Waals surface area (Å²) in [6.07, 6.45) is 0. The second-order valence-electron chi connectivity index (χ2n) is 16.7. The minimum Gasteiger partial charge on any atom is -0.343 e. The Morgan fingerprint density at radius 3 is 1.00 bits per heavy atom. The molecule has 0 spiro atoms. The first-order valence-electron chi connectivity index (χ1n) is 19.7. The zero-order chi connectivity index (χ0) is 39.0. The second-order valence-corrected chi connectivity index (χ2v) is 16.7. The van der Waals surface area contributed by atoms with Crippen LogP contribution in [0.25, 0.3) is 71.6 Å². The van der Waals surface area contributed by atoms with E-state index in [-0.39, 0.29) is 0 Å². The number of rotatable bonds is 3. The van der Waals surface area contributed by atoms with E-state index in [1.54, 1.807) is 0 Å². The summed E-state index contributed by atoms with van der Waals surface area (Å²) in [6.45, 7) is 34.5. The number of aryl methyl sites for hydroxylation is 9. The summed E-state index contributed by atoms with van der Waals surface area (Å²) in [6, 6.07) is 18.6. The minimum atomic E-state index is 1.22. The van der Waals surface area contributed by atoms with Gasteiger partial charge in [0.05, 0.1) is 22.1 Å². The van der Waals surface area contributed by atoms with E-state index in [9.17, 15) is 0 Å². The van der Waals surface area contributed by atoms with E-state index in [2.05, 4.69) is 169 Å². The molecular weight excluding hydrogens is 653 g/mol. The van der Waals surface area contributed by atoms with Crippen LogP contribution in [0.4, 0.5) is 0 Å². The van der Waals surface area contributed by atoms with Gasteiger partial charge in [0.15, 0.2) is 0 Å². The van der Waals surface area contributed by atoms with Gasteiger partial charge in [-0.05, 0) is 222 Å². The van der Waals surface area contributed by atoms with Gasteiger partial charge in [-0.1, -0.05) is 36.4 Å². The lowest BCUT2D eigenvalue weighted by Crippen LogP contribution is -2.01. The van der Waals surface area contributed by atoms with Crippen molar-refractivity contribution >= 4 is 43.6 Å². The summed E-state index contributed by atoms with van der Waals surface area (Å²) < 4.78 is 5.03. The quantitative estimate of drug-likeness (QED) is 0.173. The summed E-state index contributed by atoms with van der Waals surface area (Å²) in [7, 11) is 2.26.